The molecule has 1 aromatic heterocycles. The van der Waals surface area contributed by atoms with Crippen molar-refractivity contribution in [2.24, 2.45) is 0 Å². The van der Waals surface area contributed by atoms with Crippen LogP contribution in [-0.4, -0.2) is 57.3 Å². The number of rotatable bonds is 5. The van der Waals surface area contributed by atoms with Crippen LogP contribution in [0.15, 0.2) is 30.3 Å². The van der Waals surface area contributed by atoms with Gasteiger partial charge in [-0.05, 0) is 26.3 Å². The Morgan fingerprint density at radius 1 is 1.26 bits per heavy atom. The van der Waals surface area contributed by atoms with Crippen molar-refractivity contribution in [3.05, 3.63) is 52.8 Å². The molecule has 1 saturated heterocycles. The van der Waals surface area contributed by atoms with E-state index in [1.165, 1.54) is 6.92 Å². The summed E-state index contributed by atoms with van der Waals surface area (Å²) in [4.78, 5) is 26.7. The molecule has 1 amide bonds. The van der Waals surface area contributed by atoms with Crippen molar-refractivity contribution in [1.82, 2.24) is 14.7 Å². The number of carbonyl (C=O) groups excluding carboxylic acids is 2. The Bertz CT molecular complexity index is 831. The van der Waals surface area contributed by atoms with Gasteiger partial charge in [0.25, 0.3) is 0 Å². The molecule has 0 radical (unpaired) electrons. The van der Waals surface area contributed by atoms with Gasteiger partial charge in [-0.1, -0.05) is 30.3 Å². The Morgan fingerprint density at radius 2 is 1.96 bits per heavy atom. The summed E-state index contributed by atoms with van der Waals surface area (Å²) in [6, 6.07) is 9.22. The van der Waals surface area contributed by atoms with E-state index in [1.807, 2.05) is 30.3 Å². The number of amides is 1. The van der Waals surface area contributed by atoms with Crippen molar-refractivity contribution in [1.29, 1.82) is 0 Å². The van der Waals surface area contributed by atoms with Gasteiger partial charge in [0, 0.05) is 12.2 Å². The zero-order valence-electron chi connectivity index (χ0n) is 15.9. The summed E-state index contributed by atoms with van der Waals surface area (Å²) in [5, 5.41) is 14.1. The fraction of sp³-hybridized carbons (Fsp3) is 0.450. The number of aromatic nitrogens is 2. The first-order valence-electron chi connectivity index (χ1n) is 9.05. The van der Waals surface area contributed by atoms with Crippen molar-refractivity contribution in [2.75, 3.05) is 19.8 Å². The van der Waals surface area contributed by atoms with E-state index in [1.54, 1.807) is 23.4 Å². The maximum absolute atomic E-state index is 13.1. The van der Waals surface area contributed by atoms with E-state index >= 15 is 0 Å². The van der Waals surface area contributed by atoms with Crippen molar-refractivity contribution >= 4 is 11.7 Å². The lowest BCUT2D eigenvalue weighted by atomic mass is 9.98. The minimum atomic E-state index is -0.474. The first kappa shape index (κ1) is 19.3. The van der Waals surface area contributed by atoms with Crippen LogP contribution in [0.5, 0.6) is 0 Å². The Balaban J connectivity index is 1.88. The molecule has 144 valence electrons. The molecular formula is C20H25N3O4. The predicted molar refractivity (Wildman–Crippen MR) is 99.4 cm³/mol. The topological polar surface area (TPSA) is 84.7 Å². The maximum atomic E-state index is 13.1. The molecule has 1 aromatic carbocycles. The third-order valence-electron chi connectivity index (χ3n) is 5.01. The normalized spacial score (nSPS) is 19.9. The second-order valence-corrected chi connectivity index (χ2v) is 6.79. The summed E-state index contributed by atoms with van der Waals surface area (Å²) >= 11 is 0. The fourth-order valence-electron chi connectivity index (χ4n) is 3.79. The number of ether oxygens (including phenoxy) is 1. The first-order chi connectivity index (χ1) is 12.9. The molecular weight excluding hydrogens is 346 g/mol. The van der Waals surface area contributed by atoms with E-state index in [-0.39, 0.29) is 30.9 Å². The Labute approximate surface area is 158 Å². The molecule has 2 heterocycles. The third-order valence-corrected chi connectivity index (χ3v) is 5.01. The van der Waals surface area contributed by atoms with Gasteiger partial charge in [-0.2, -0.15) is 5.10 Å². The summed E-state index contributed by atoms with van der Waals surface area (Å²) in [5.74, 6) is -0.177. The van der Waals surface area contributed by atoms with Crippen molar-refractivity contribution in [3.63, 3.8) is 0 Å². The summed E-state index contributed by atoms with van der Waals surface area (Å²) in [7, 11) is 0. The van der Waals surface area contributed by atoms with Crippen molar-refractivity contribution in [3.8, 4) is 0 Å². The second kappa shape index (κ2) is 8.02. The van der Waals surface area contributed by atoms with Gasteiger partial charge in [0.05, 0.1) is 30.5 Å². The minimum absolute atomic E-state index is 0.0431. The van der Waals surface area contributed by atoms with E-state index < -0.39 is 6.10 Å². The van der Waals surface area contributed by atoms with Crippen LogP contribution in [-0.2, 0) is 16.1 Å². The molecule has 27 heavy (non-hydrogen) atoms. The smallest absolute Gasteiger partial charge is 0.245 e. The lowest BCUT2D eigenvalue weighted by molar-refractivity contribution is -0.150. The molecule has 7 heteroatoms. The molecule has 2 aromatic rings. The zero-order valence-corrected chi connectivity index (χ0v) is 15.9. The largest absolute Gasteiger partial charge is 0.394 e. The SMILES string of the molecule is CC(=O)c1c(C)nn(CC(=O)N2CCO[C@H](CO)[C@H]2c2ccccc2)c1C. The number of ketones is 1. The number of carbonyl (C=O) groups is 2. The van der Waals surface area contributed by atoms with Crippen molar-refractivity contribution in [2.45, 2.75) is 39.5 Å². The van der Waals surface area contributed by atoms with Gasteiger partial charge in [0.15, 0.2) is 5.78 Å². The standard InChI is InChI=1S/C20H25N3O4/c1-13-19(15(3)25)14(2)23(21-13)11-18(26)22-9-10-27-17(12-24)20(22)16-7-5-4-6-8-16/h4-8,17,20,24H,9-12H2,1-3H3/t17-,20-/m1/s1. The average molecular weight is 371 g/mol. The number of hydrogen-bond acceptors (Lipinski definition) is 5. The highest BCUT2D eigenvalue weighted by atomic mass is 16.5. The van der Waals surface area contributed by atoms with Crippen LogP contribution in [0, 0.1) is 13.8 Å². The molecule has 2 atom stereocenters. The molecule has 0 spiro atoms. The number of Topliss-reactive ketones (excluding diaryl/α,β-unsaturated/α-hetero) is 1. The van der Waals surface area contributed by atoms with Gasteiger partial charge in [0.1, 0.15) is 12.6 Å². The Kier molecular flexibility index (Phi) is 5.72. The van der Waals surface area contributed by atoms with Gasteiger partial charge in [0.2, 0.25) is 5.91 Å². The van der Waals surface area contributed by atoms with Crippen LogP contribution in [0.1, 0.15) is 40.3 Å². The molecule has 7 nitrogen and oxygen atoms in total. The van der Waals surface area contributed by atoms with Gasteiger partial charge in [-0.25, -0.2) is 0 Å². The monoisotopic (exact) mass is 371 g/mol. The number of hydrogen-bond donors (Lipinski definition) is 1. The molecule has 0 saturated carbocycles. The highest BCUT2D eigenvalue weighted by Gasteiger charge is 2.36. The number of aliphatic hydroxyl groups excluding tert-OH is 1. The van der Waals surface area contributed by atoms with Gasteiger partial charge in [-0.15, -0.1) is 0 Å². The van der Waals surface area contributed by atoms with E-state index in [2.05, 4.69) is 5.10 Å². The van der Waals surface area contributed by atoms with E-state index in [0.29, 0.717) is 30.1 Å². The van der Waals surface area contributed by atoms with Crippen LogP contribution >= 0.6 is 0 Å². The molecule has 1 aliphatic heterocycles. The quantitative estimate of drug-likeness (QED) is 0.808. The maximum Gasteiger partial charge on any atom is 0.245 e. The predicted octanol–water partition coefficient (Wildman–Crippen LogP) is 1.66. The van der Waals surface area contributed by atoms with Crippen LogP contribution < -0.4 is 0 Å². The zero-order chi connectivity index (χ0) is 19.6. The summed E-state index contributed by atoms with van der Waals surface area (Å²) in [6.07, 6.45) is -0.474. The van der Waals surface area contributed by atoms with Gasteiger partial charge in [-0.3, -0.25) is 14.3 Å². The van der Waals surface area contributed by atoms with Crippen molar-refractivity contribution < 1.29 is 19.4 Å². The average Bonchev–Trinajstić information content (AvgIpc) is 2.94. The highest BCUT2D eigenvalue weighted by Crippen LogP contribution is 2.30. The molecule has 3 rings (SSSR count). The molecule has 1 aliphatic rings. The van der Waals surface area contributed by atoms with Crippen LogP contribution in [0.4, 0.5) is 0 Å². The molecule has 1 N–H and O–H groups in total. The third kappa shape index (κ3) is 3.79. The van der Waals surface area contributed by atoms with Crippen LogP contribution in [0.25, 0.3) is 0 Å². The lowest BCUT2D eigenvalue weighted by Gasteiger charge is -2.41. The summed E-state index contributed by atoms with van der Waals surface area (Å²) < 4.78 is 7.28. The number of benzene rings is 1. The number of nitrogens with zero attached hydrogens (tertiary/aromatic N) is 3. The second-order valence-electron chi connectivity index (χ2n) is 6.79. The van der Waals surface area contributed by atoms with E-state index in [0.717, 1.165) is 5.56 Å². The molecule has 1 fully saturated rings. The molecule has 0 unspecified atom stereocenters. The highest BCUT2D eigenvalue weighted by molar-refractivity contribution is 5.96. The Morgan fingerprint density at radius 3 is 2.56 bits per heavy atom. The van der Waals surface area contributed by atoms with E-state index in [4.69, 9.17) is 4.74 Å². The van der Waals surface area contributed by atoms with Gasteiger partial charge >= 0.3 is 0 Å². The van der Waals surface area contributed by atoms with Crippen LogP contribution in [0.3, 0.4) is 0 Å². The minimum Gasteiger partial charge on any atom is -0.394 e. The summed E-state index contributed by atoms with van der Waals surface area (Å²) in [5.41, 5.74) is 2.80. The number of morpholine rings is 1. The fourth-order valence-corrected chi connectivity index (χ4v) is 3.79. The first-order valence-corrected chi connectivity index (χ1v) is 9.05. The number of aliphatic hydroxyl groups is 1. The molecule has 0 aliphatic carbocycles. The van der Waals surface area contributed by atoms with E-state index in [9.17, 15) is 14.7 Å². The Hall–Kier alpha value is -2.51. The summed E-state index contributed by atoms with van der Waals surface area (Å²) in [6.45, 7) is 5.76. The lowest BCUT2D eigenvalue weighted by Crippen LogP contribution is -2.50. The number of aryl methyl sites for hydroxylation is 1. The van der Waals surface area contributed by atoms with Crippen LogP contribution in [0.2, 0.25) is 0 Å². The molecule has 0 bridgehead atoms. The van der Waals surface area contributed by atoms with Gasteiger partial charge < -0.3 is 14.7 Å².